The van der Waals surface area contributed by atoms with Gasteiger partial charge in [-0.3, -0.25) is 0 Å². The second-order valence-electron chi connectivity index (χ2n) is 6.45. The fourth-order valence-electron chi connectivity index (χ4n) is 2.94. The van der Waals surface area contributed by atoms with E-state index in [0.717, 1.165) is 46.4 Å². The molecule has 0 aliphatic carbocycles. The second-order valence-corrected chi connectivity index (χ2v) is 8.16. The molecule has 2 aromatic carbocycles. The molecule has 0 radical (unpaired) electrons. The molecule has 0 heterocycles. The molecule has 1 N–H and O–H groups in total. The van der Waals surface area contributed by atoms with Crippen LogP contribution in [0.5, 0.6) is 5.75 Å². The minimum absolute atomic E-state index is 0.779. The maximum atomic E-state index is 5.95. The number of halogens is 2. The van der Waals surface area contributed by atoms with Gasteiger partial charge >= 0.3 is 0 Å². The number of hydrogen-bond donors (Lipinski definition) is 1. The molecule has 142 valence electrons. The minimum Gasteiger partial charge on any atom is -0.494 e. The van der Waals surface area contributed by atoms with Crippen LogP contribution in [-0.2, 0) is 0 Å². The highest BCUT2D eigenvalue weighted by Crippen LogP contribution is 2.38. The highest BCUT2D eigenvalue weighted by atomic mass is 79.9. The lowest BCUT2D eigenvalue weighted by Crippen LogP contribution is -2.13. The topological polar surface area (TPSA) is 21.3 Å². The molecular weight excluding hydrogens is 454 g/mol. The van der Waals surface area contributed by atoms with E-state index in [-0.39, 0.29) is 0 Å². The quantitative estimate of drug-likeness (QED) is 0.322. The first kappa shape index (κ1) is 21.5. The first-order valence-electron chi connectivity index (χ1n) is 9.60. The van der Waals surface area contributed by atoms with Gasteiger partial charge in [0.15, 0.2) is 0 Å². The zero-order chi connectivity index (χ0) is 18.6. The molecule has 0 atom stereocenters. The van der Waals surface area contributed by atoms with Gasteiger partial charge in [0, 0.05) is 14.5 Å². The lowest BCUT2D eigenvalue weighted by Gasteiger charge is -2.12. The lowest BCUT2D eigenvalue weighted by atomic mass is 10.1. The van der Waals surface area contributed by atoms with Crippen LogP contribution in [0.1, 0.15) is 45.4 Å². The summed E-state index contributed by atoms with van der Waals surface area (Å²) < 4.78 is 8.05. The fraction of sp³-hybridized carbons (Fsp3) is 0.455. The normalized spacial score (nSPS) is 10.9. The number of hydrogen-bond acceptors (Lipinski definition) is 2. The van der Waals surface area contributed by atoms with Gasteiger partial charge in [0.1, 0.15) is 5.75 Å². The fourth-order valence-corrected chi connectivity index (χ4v) is 4.54. The van der Waals surface area contributed by atoms with E-state index in [0.29, 0.717) is 0 Å². The van der Waals surface area contributed by atoms with Gasteiger partial charge in [-0.2, -0.15) is 0 Å². The van der Waals surface area contributed by atoms with Gasteiger partial charge in [-0.15, -0.1) is 0 Å². The Morgan fingerprint density at radius 1 is 0.846 bits per heavy atom. The van der Waals surface area contributed by atoms with Crippen LogP contribution in [0.2, 0.25) is 0 Å². The third kappa shape index (κ3) is 7.42. The molecule has 0 aromatic heterocycles. The lowest BCUT2D eigenvalue weighted by molar-refractivity contribution is 0.304. The molecule has 0 bridgehead atoms. The van der Waals surface area contributed by atoms with Crippen molar-refractivity contribution in [1.29, 1.82) is 0 Å². The third-order valence-electron chi connectivity index (χ3n) is 4.34. The van der Waals surface area contributed by atoms with Crippen LogP contribution in [-0.4, -0.2) is 19.7 Å². The number of rotatable bonds is 12. The summed E-state index contributed by atoms with van der Waals surface area (Å²) in [6.45, 7) is 5.17. The molecule has 2 rings (SSSR count). The SMILES string of the molecule is CCNCCCCCCCCOc1cc(Br)c(-c2ccccc2)c(Br)c1. The second kappa shape index (κ2) is 12.5. The van der Waals surface area contributed by atoms with Gasteiger partial charge in [-0.25, -0.2) is 0 Å². The molecule has 0 saturated carbocycles. The largest absolute Gasteiger partial charge is 0.494 e. The molecule has 2 aromatic rings. The Balaban J connectivity index is 1.71. The van der Waals surface area contributed by atoms with Gasteiger partial charge < -0.3 is 10.1 Å². The summed E-state index contributed by atoms with van der Waals surface area (Å²) in [6, 6.07) is 14.5. The van der Waals surface area contributed by atoms with Crippen molar-refractivity contribution in [2.45, 2.75) is 45.4 Å². The molecule has 4 heteroatoms. The minimum atomic E-state index is 0.779. The van der Waals surface area contributed by atoms with Crippen LogP contribution in [0.15, 0.2) is 51.4 Å². The van der Waals surface area contributed by atoms with E-state index in [1.54, 1.807) is 0 Å². The highest BCUT2D eigenvalue weighted by Gasteiger charge is 2.10. The molecule has 0 amide bonds. The summed E-state index contributed by atoms with van der Waals surface area (Å²) in [5, 5.41) is 3.37. The van der Waals surface area contributed by atoms with E-state index in [4.69, 9.17) is 4.74 Å². The van der Waals surface area contributed by atoms with Crippen molar-refractivity contribution in [3.63, 3.8) is 0 Å². The highest BCUT2D eigenvalue weighted by molar-refractivity contribution is 9.11. The van der Waals surface area contributed by atoms with E-state index in [1.807, 2.05) is 6.07 Å². The molecule has 0 saturated heterocycles. The smallest absolute Gasteiger partial charge is 0.121 e. The molecule has 0 spiro atoms. The molecule has 0 fully saturated rings. The van der Waals surface area contributed by atoms with Gasteiger partial charge in [0.05, 0.1) is 6.61 Å². The van der Waals surface area contributed by atoms with Crippen molar-refractivity contribution < 1.29 is 4.74 Å². The monoisotopic (exact) mass is 481 g/mol. The Bertz CT molecular complexity index is 623. The molecular formula is C22H29Br2NO. The van der Waals surface area contributed by atoms with Crippen molar-refractivity contribution in [3.8, 4) is 16.9 Å². The summed E-state index contributed by atoms with van der Waals surface area (Å²) >= 11 is 7.38. The van der Waals surface area contributed by atoms with Crippen molar-refractivity contribution >= 4 is 31.9 Å². The van der Waals surface area contributed by atoms with Crippen LogP contribution in [0.4, 0.5) is 0 Å². The third-order valence-corrected chi connectivity index (χ3v) is 5.60. The van der Waals surface area contributed by atoms with E-state index < -0.39 is 0 Å². The van der Waals surface area contributed by atoms with Crippen LogP contribution in [0.25, 0.3) is 11.1 Å². The van der Waals surface area contributed by atoms with Crippen LogP contribution in [0.3, 0.4) is 0 Å². The number of unbranched alkanes of at least 4 members (excludes halogenated alkanes) is 5. The number of nitrogens with one attached hydrogen (secondary N) is 1. The predicted octanol–water partition coefficient (Wildman–Crippen LogP) is 7.21. The molecule has 0 unspecified atom stereocenters. The zero-order valence-corrected chi connectivity index (χ0v) is 18.7. The summed E-state index contributed by atoms with van der Waals surface area (Å²) in [5.41, 5.74) is 2.35. The van der Waals surface area contributed by atoms with E-state index in [1.165, 1.54) is 37.7 Å². The number of ether oxygens (including phenoxy) is 1. The molecule has 2 nitrogen and oxygen atoms in total. The first-order valence-corrected chi connectivity index (χ1v) is 11.2. The van der Waals surface area contributed by atoms with Crippen LogP contribution in [0, 0.1) is 0 Å². The van der Waals surface area contributed by atoms with E-state index >= 15 is 0 Å². The van der Waals surface area contributed by atoms with Crippen molar-refractivity contribution in [2.24, 2.45) is 0 Å². The molecule has 26 heavy (non-hydrogen) atoms. The van der Waals surface area contributed by atoms with Gasteiger partial charge in [-0.05, 0) is 75.5 Å². The van der Waals surface area contributed by atoms with Gasteiger partial charge in [0.25, 0.3) is 0 Å². The molecule has 0 aliphatic heterocycles. The average Bonchev–Trinajstić information content (AvgIpc) is 2.63. The summed E-state index contributed by atoms with van der Waals surface area (Å²) in [6.07, 6.45) is 7.60. The van der Waals surface area contributed by atoms with Gasteiger partial charge in [0.2, 0.25) is 0 Å². The van der Waals surface area contributed by atoms with Crippen molar-refractivity contribution in [1.82, 2.24) is 5.32 Å². The van der Waals surface area contributed by atoms with Crippen LogP contribution >= 0.6 is 31.9 Å². The Hall–Kier alpha value is -0.840. The maximum absolute atomic E-state index is 5.95. The Morgan fingerprint density at radius 3 is 2.12 bits per heavy atom. The Labute approximate surface area is 175 Å². The van der Waals surface area contributed by atoms with Gasteiger partial charge in [-0.1, -0.05) is 62.9 Å². The predicted molar refractivity (Wildman–Crippen MR) is 119 cm³/mol. The summed E-state index contributed by atoms with van der Waals surface area (Å²) in [5.74, 6) is 0.911. The molecule has 0 aliphatic rings. The Kier molecular flexibility index (Phi) is 10.3. The standard InChI is InChI=1S/C22H29Br2NO/c1-2-25-14-10-5-3-4-6-11-15-26-19-16-20(23)22(21(24)17-19)18-12-8-7-9-13-18/h7-9,12-13,16-17,25H,2-6,10-11,14-15H2,1H3. The Morgan fingerprint density at radius 2 is 1.46 bits per heavy atom. The first-order chi connectivity index (χ1) is 12.7. The number of benzene rings is 2. The maximum Gasteiger partial charge on any atom is 0.121 e. The van der Waals surface area contributed by atoms with Crippen LogP contribution < -0.4 is 10.1 Å². The summed E-state index contributed by atoms with van der Waals surface area (Å²) in [7, 11) is 0. The zero-order valence-electron chi connectivity index (χ0n) is 15.6. The van der Waals surface area contributed by atoms with E-state index in [9.17, 15) is 0 Å². The average molecular weight is 483 g/mol. The summed E-state index contributed by atoms with van der Waals surface area (Å²) in [4.78, 5) is 0. The van der Waals surface area contributed by atoms with E-state index in [2.05, 4.69) is 80.5 Å². The van der Waals surface area contributed by atoms with Crippen molar-refractivity contribution in [3.05, 3.63) is 51.4 Å². The van der Waals surface area contributed by atoms with Crippen molar-refractivity contribution in [2.75, 3.05) is 19.7 Å².